The van der Waals surface area contributed by atoms with Crippen LogP contribution >= 0.6 is 0 Å². The van der Waals surface area contributed by atoms with Crippen LogP contribution in [0.5, 0.6) is 0 Å². The van der Waals surface area contributed by atoms with E-state index in [-0.39, 0.29) is 0 Å². The van der Waals surface area contributed by atoms with E-state index in [1.165, 1.54) is 6.20 Å². The van der Waals surface area contributed by atoms with Gasteiger partial charge >= 0.3 is 6.18 Å². The number of fused-ring (bicyclic) bond motifs is 1. The van der Waals surface area contributed by atoms with Crippen LogP contribution in [0.25, 0.3) is 11.5 Å². The van der Waals surface area contributed by atoms with Crippen molar-refractivity contribution < 1.29 is 13.2 Å². The first-order valence-corrected chi connectivity index (χ1v) is 6.24. The van der Waals surface area contributed by atoms with Crippen molar-refractivity contribution in [3.63, 3.8) is 0 Å². The molecule has 3 aromatic heterocycles. The van der Waals surface area contributed by atoms with Gasteiger partial charge in [0.2, 0.25) is 0 Å². The second-order valence-corrected chi connectivity index (χ2v) is 4.48. The minimum absolute atomic E-state index is 0.381. The summed E-state index contributed by atoms with van der Waals surface area (Å²) in [6, 6.07) is 6.38. The second kappa shape index (κ2) is 4.88. The molecule has 0 atom stereocenters. The van der Waals surface area contributed by atoms with Crippen molar-refractivity contribution in [3.8, 4) is 5.82 Å². The number of rotatable bonds is 3. The average molecular weight is 295 g/mol. The topological polar surface area (TPSA) is 47.2 Å². The predicted octanol–water partition coefficient (Wildman–Crippen LogP) is 2.26. The fourth-order valence-corrected chi connectivity index (χ4v) is 2.14. The Hall–Kier alpha value is -2.35. The number of nitrogens with zero attached hydrogens (tertiary/aromatic N) is 4. The van der Waals surface area contributed by atoms with Crippen LogP contribution in [0.4, 0.5) is 13.2 Å². The highest BCUT2D eigenvalue weighted by atomic mass is 19.4. The molecule has 0 unspecified atom stereocenters. The molecule has 3 rings (SSSR count). The van der Waals surface area contributed by atoms with Crippen molar-refractivity contribution in [2.45, 2.75) is 12.7 Å². The van der Waals surface area contributed by atoms with Crippen LogP contribution in [-0.2, 0) is 12.7 Å². The van der Waals surface area contributed by atoms with E-state index in [0.29, 0.717) is 18.0 Å². The van der Waals surface area contributed by atoms with Gasteiger partial charge in [0.25, 0.3) is 0 Å². The van der Waals surface area contributed by atoms with Crippen LogP contribution in [0.15, 0.2) is 36.7 Å². The molecule has 3 heterocycles. The summed E-state index contributed by atoms with van der Waals surface area (Å²) < 4.78 is 40.9. The van der Waals surface area contributed by atoms with Gasteiger partial charge in [0.1, 0.15) is 5.65 Å². The standard InChI is InChI=1S/C13H12F3N5/c1-17-8-9-12(18-11-4-2-3-6-20(9)11)21-7-5-10(19-21)13(14,15)16/h2-7,17H,8H2,1H3. The van der Waals surface area contributed by atoms with Gasteiger partial charge in [-0.25, -0.2) is 9.67 Å². The fourth-order valence-electron chi connectivity index (χ4n) is 2.14. The van der Waals surface area contributed by atoms with Gasteiger partial charge in [-0.05, 0) is 25.2 Å². The average Bonchev–Trinajstić information content (AvgIpc) is 3.03. The van der Waals surface area contributed by atoms with Gasteiger partial charge in [-0.3, -0.25) is 0 Å². The first-order valence-electron chi connectivity index (χ1n) is 6.24. The van der Waals surface area contributed by atoms with E-state index in [0.717, 1.165) is 16.4 Å². The molecule has 3 aromatic rings. The maximum Gasteiger partial charge on any atom is 0.435 e. The number of hydrogen-bond acceptors (Lipinski definition) is 3. The van der Waals surface area contributed by atoms with Crippen molar-refractivity contribution in [1.82, 2.24) is 24.5 Å². The Balaban J connectivity index is 2.15. The Bertz CT molecular complexity index is 772. The number of imidazole rings is 1. The first-order chi connectivity index (χ1) is 10.0. The molecular weight excluding hydrogens is 283 g/mol. The van der Waals surface area contributed by atoms with Gasteiger partial charge in [0, 0.05) is 18.9 Å². The zero-order valence-corrected chi connectivity index (χ0v) is 11.1. The molecule has 0 aliphatic rings. The summed E-state index contributed by atoms with van der Waals surface area (Å²) in [4.78, 5) is 4.35. The highest BCUT2D eigenvalue weighted by molar-refractivity contribution is 5.48. The molecule has 0 spiro atoms. The van der Waals surface area contributed by atoms with Gasteiger partial charge in [-0.1, -0.05) is 6.07 Å². The smallest absolute Gasteiger partial charge is 0.314 e. The normalized spacial score (nSPS) is 12.2. The minimum atomic E-state index is -4.46. The Kier molecular flexibility index (Phi) is 3.17. The lowest BCUT2D eigenvalue weighted by Crippen LogP contribution is -2.12. The second-order valence-electron chi connectivity index (χ2n) is 4.48. The molecule has 0 aromatic carbocycles. The van der Waals surface area contributed by atoms with Crippen LogP contribution in [0.2, 0.25) is 0 Å². The largest absolute Gasteiger partial charge is 0.435 e. The van der Waals surface area contributed by atoms with E-state index in [4.69, 9.17) is 0 Å². The molecule has 21 heavy (non-hydrogen) atoms. The summed E-state index contributed by atoms with van der Waals surface area (Å²) in [7, 11) is 1.76. The summed E-state index contributed by atoms with van der Waals surface area (Å²) in [5.74, 6) is 0.381. The van der Waals surface area contributed by atoms with Gasteiger partial charge in [0.05, 0.1) is 5.69 Å². The van der Waals surface area contributed by atoms with E-state index in [1.54, 1.807) is 13.1 Å². The van der Waals surface area contributed by atoms with Crippen molar-refractivity contribution in [1.29, 1.82) is 0 Å². The molecule has 0 saturated carbocycles. The molecule has 0 saturated heterocycles. The Morgan fingerprint density at radius 3 is 2.67 bits per heavy atom. The molecule has 0 aliphatic carbocycles. The third-order valence-electron chi connectivity index (χ3n) is 3.05. The maximum atomic E-state index is 12.7. The van der Waals surface area contributed by atoms with Gasteiger partial charge in [0.15, 0.2) is 11.5 Å². The van der Waals surface area contributed by atoms with Crippen LogP contribution < -0.4 is 5.32 Å². The van der Waals surface area contributed by atoms with Crippen LogP contribution in [-0.4, -0.2) is 26.2 Å². The molecule has 110 valence electrons. The highest BCUT2D eigenvalue weighted by Gasteiger charge is 2.34. The summed E-state index contributed by atoms with van der Waals surface area (Å²) in [5.41, 5.74) is 0.460. The molecule has 0 amide bonds. The predicted molar refractivity (Wildman–Crippen MR) is 70.1 cm³/mol. The van der Waals surface area contributed by atoms with Crippen molar-refractivity contribution in [2.75, 3.05) is 7.05 Å². The number of aromatic nitrogens is 4. The molecule has 1 N–H and O–H groups in total. The third-order valence-corrected chi connectivity index (χ3v) is 3.05. The highest BCUT2D eigenvalue weighted by Crippen LogP contribution is 2.28. The summed E-state index contributed by atoms with van der Waals surface area (Å²) in [6.07, 6.45) is -1.38. The summed E-state index contributed by atoms with van der Waals surface area (Å²) >= 11 is 0. The first kappa shape index (κ1) is 13.6. The SMILES string of the molecule is CNCc1c(-n2ccc(C(F)(F)F)n2)nc2ccccn12. The van der Waals surface area contributed by atoms with E-state index < -0.39 is 11.9 Å². The van der Waals surface area contributed by atoms with E-state index >= 15 is 0 Å². The quantitative estimate of drug-likeness (QED) is 0.806. The van der Waals surface area contributed by atoms with E-state index in [1.807, 2.05) is 22.7 Å². The zero-order chi connectivity index (χ0) is 15.0. The number of nitrogens with one attached hydrogen (secondary N) is 1. The molecule has 0 bridgehead atoms. The van der Waals surface area contributed by atoms with Crippen LogP contribution in [0.3, 0.4) is 0 Å². The summed E-state index contributed by atoms with van der Waals surface area (Å²) in [5, 5.41) is 6.56. The molecule has 0 fully saturated rings. The molecule has 5 nitrogen and oxygen atoms in total. The number of pyridine rings is 1. The number of alkyl halides is 3. The van der Waals surface area contributed by atoms with Crippen molar-refractivity contribution in [2.24, 2.45) is 0 Å². The molecular formula is C13H12F3N5. The van der Waals surface area contributed by atoms with E-state index in [2.05, 4.69) is 15.4 Å². The Morgan fingerprint density at radius 1 is 1.19 bits per heavy atom. The lowest BCUT2D eigenvalue weighted by Gasteiger charge is -2.04. The van der Waals surface area contributed by atoms with Gasteiger partial charge in [-0.2, -0.15) is 18.3 Å². The van der Waals surface area contributed by atoms with Crippen LogP contribution in [0, 0.1) is 0 Å². The Labute approximate surface area is 118 Å². The van der Waals surface area contributed by atoms with Gasteiger partial charge < -0.3 is 9.72 Å². The third kappa shape index (κ3) is 2.38. The van der Waals surface area contributed by atoms with Crippen molar-refractivity contribution >= 4 is 5.65 Å². The zero-order valence-electron chi connectivity index (χ0n) is 11.1. The molecule has 0 aliphatic heterocycles. The molecule has 8 heteroatoms. The minimum Gasteiger partial charge on any atom is -0.314 e. The summed E-state index contributed by atoms with van der Waals surface area (Å²) in [6.45, 7) is 0.460. The lowest BCUT2D eigenvalue weighted by molar-refractivity contribution is -0.141. The lowest BCUT2D eigenvalue weighted by atomic mass is 10.4. The fraction of sp³-hybridized carbons (Fsp3) is 0.231. The monoisotopic (exact) mass is 295 g/mol. The number of halogens is 3. The maximum absolute atomic E-state index is 12.7. The molecule has 0 radical (unpaired) electrons. The van der Waals surface area contributed by atoms with Gasteiger partial charge in [-0.15, -0.1) is 0 Å². The number of hydrogen-bond donors (Lipinski definition) is 1. The van der Waals surface area contributed by atoms with E-state index in [9.17, 15) is 13.2 Å². The van der Waals surface area contributed by atoms with Crippen LogP contribution in [0.1, 0.15) is 11.4 Å². The Morgan fingerprint density at radius 2 is 2.00 bits per heavy atom. The van der Waals surface area contributed by atoms with Crippen molar-refractivity contribution in [3.05, 3.63) is 48.0 Å².